The third-order valence-corrected chi connectivity index (χ3v) is 14.7. The Hall–Kier alpha value is -4.07. The van der Waals surface area contributed by atoms with E-state index in [1.54, 1.807) is 43.9 Å². The predicted molar refractivity (Wildman–Crippen MR) is 234 cm³/mol. The minimum Gasteiger partial charge on any atom is -0.493 e. The lowest BCUT2D eigenvalue weighted by atomic mass is 10.1. The van der Waals surface area contributed by atoms with Crippen LogP contribution < -0.4 is 28.7 Å². The summed E-state index contributed by atoms with van der Waals surface area (Å²) in [5, 5.41) is 23.4. The van der Waals surface area contributed by atoms with Gasteiger partial charge in [-0.3, -0.25) is 9.59 Å². The van der Waals surface area contributed by atoms with E-state index in [0.717, 1.165) is 23.2 Å². The van der Waals surface area contributed by atoms with Crippen molar-refractivity contribution in [3.05, 3.63) is 59.7 Å². The Morgan fingerprint density at radius 1 is 0.627 bits per heavy atom. The molecular weight excluding hydrogens is 789 g/mol. The van der Waals surface area contributed by atoms with Gasteiger partial charge in [0.2, 0.25) is 0 Å². The number of amides is 2. The van der Waals surface area contributed by atoms with E-state index in [1.807, 2.05) is 0 Å². The second-order valence-corrected chi connectivity index (χ2v) is 29.7. The predicted octanol–water partition coefficient (Wildman–Crippen LogP) is 5.99. The molecule has 0 bridgehead atoms. The largest absolute Gasteiger partial charge is 0.493 e. The van der Waals surface area contributed by atoms with Gasteiger partial charge in [-0.1, -0.05) is 63.6 Å². The molecule has 0 radical (unpaired) electrons. The SMILES string of the molecule is C=C1C[C@H]2C(O)N(COCC[Si](C)(C)C)c3cc(OCCCOc4cc5c(cc4OC)C(=O)N4CC(=C)C[C@H]4C(O)N5COCC[Si](C)(C)C)c(OC)cc3C(=O)N2C1. The van der Waals surface area contributed by atoms with Crippen molar-refractivity contribution in [3.63, 3.8) is 0 Å². The van der Waals surface area contributed by atoms with Gasteiger partial charge < -0.3 is 58.2 Å². The van der Waals surface area contributed by atoms with Crippen molar-refractivity contribution in [3.8, 4) is 23.0 Å². The molecule has 2 aromatic rings. The van der Waals surface area contributed by atoms with Crippen LogP contribution in [-0.4, -0.2) is 140 Å². The standard InChI is InChI=1S/C43H64N4O10Si2/c1-28-18-34-42(50)46(26-54-14-16-58(5,6)7)32-22-38(36(52-3)20-30(32)40(48)44(34)24-28)56-12-11-13-57-39-23-33-31(21-37(39)53-4)41(49)45-25-29(2)19-35(45)43(51)47(33)27-55-15-17-59(8,9)10/h20-23,34-35,42-43,50-51H,1-2,11-19,24-27H2,3-10H3/t34-,35-,42?,43?/m0/s1. The molecule has 59 heavy (non-hydrogen) atoms. The summed E-state index contributed by atoms with van der Waals surface area (Å²) in [5.74, 6) is 1.17. The number of benzene rings is 2. The molecule has 4 heterocycles. The highest BCUT2D eigenvalue weighted by atomic mass is 28.3. The van der Waals surface area contributed by atoms with Crippen LogP contribution in [0.2, 0.25) is 51.4 Å². The molecule has 6 rings (SSSR count). The molecule has 2 amide bonds. The van der Waals surface area contributed by atoms with Crippen molar-refractivity contribution < 1.29 is 48.2 Å². The van der Waals surface area contributed by atoms with Crippen molar-refractivity contribution in [2.45, 2.75) is 95.2 Å². The van der Waals surface area contributed by atoms with Gasteiger partial charge in [-0.05, 0) is 37.1 Å². The zero-order chi connectivity index (χ0) is 42.8. The second kappa shape index (κ2) is 18.3. The van der Waals surface area contributed by atoms with Crippen LogP contribution in [0, 0.1) is 0 Å². The Kier molecular flexibility index (Phi) is 13.8. The number of hydrogen-bond acceptors (Lipinski definition) is 12. The van der Waals surface area contributed by atoms with E-state index >= 15 is 0 Å². The number of aliphatic hydroxyl groups is 2. The number of carbonyl (C=O) groups excluding carboxylic acids is 2. The molecule has 0 saturated carbocycles. The zero-order valence-corrected chi connectivity index (χ0v) is 38.2. The van der Waals surface area contributed by atoms with Crippen molar-refractivity contribution in [1.29, 1.82) is 0 Å². The molecule has 4 atom stereocenters. The Labute approximate surface area is 351 Å². The van der Waals surface area contributed by atoms with Crippen molar-refractivity contribution in [2.24, 2.45) is 0 Å². The molecule has 4 aliphatic heterocycles. The van der Waals surface area contributed by atoms with Crippen molar-refractivity contribution in [1.82, 2.24) is 9.80 Å². The number of ether oxygens (including phenoxy) is 6. The lowest BCUT2D eigenvalue weighted by Crippen LogP contribution is -2.49. The molecule has 16 heteroatoms. The van der Waals surface area contributed by atoms with Gasteiger partial charge in [-0.2, -0.15) is 0 Å². The minimum absolute atomic E-state index is 0.101. The van der Waals surface area contributed by atoms with Crippen LogP contribution in [0.5, 0.6) is 23.0 Å². The second-order valence-electron chi connectivity index (χ2n) is 18.5. The molecule has 2 fully saturated rings. The quantitative estimate of drug-likeness (QED) is 0.103. The van der Waals surface area contributed by atoms with E-state index in [0.29, 0.717) is 91.1 Å². The summed E-state index contributed by atoms with van der Waals surface area (Å²) in [6, 6.07) is 7.83. The van der Waals surface area contributed by atoms with E-state index in [2.05, 4.69) is 52.4 Å². The fraction of sp³-hybridized carbons (Fsp3) is 0.581. The normalized spacial score (nSPS) is 21.9. The van der Waals surface area contributed by atoms with Crippen LogP contribution in [0.15, 0.2) is 48.6 Å². The van der Waals surface area contributed by atoms with E-state index in [1.165, 1.54) is 14.2 Å². The summed E-state index contributed by atoms with van der Waals surface area (Å²) < 4.78 is 36.3. The van der Waals surface area contributed by atoms with Crippen molar-refractivity contribution in [2.75, 3.05) is 77.0 Å². The molecule has 2 unspecified atom stereocenters. The van der Waals surface area contributed by atoms with Crippen LogP contribution >= 0.6 is 0 Å². The lowest BCUT2D eigenvalue weighted by Gasteiger charge is -2.33. The smallest absolute Gasteiger partial charge is 0.256 e. The number of hydrogen-bond donors (Lipinski definition) is 2. The van der Waals surface area contributed by atoms with Crippen LogP contribution in [0.25, 0.3) is 0 Å². The fourth-order valence-corrected chi connectivity index (χ4v) is 9.42. The van der Waals surface area contributed by atoms with Gasteiger partial charge in [-0.15, -0.1) is 0 Å². The number of rotatable bonds is 18. The summed E-state index contributed by atoms with van der Waals surface area (Å²) in [5.41, 5.74) is 3.57. The topological polar surface area (TPSA) is 143 Å². The molecule has 2 N–H and O–H groups in total. The fourth-order valence-electron chi connectivity index (χ4n) is 7.90. The molecular formula is C43H64N4O10Si2. The molecule has 0 aromatic heterocycles. The maximum absolute atomic E-state index is 14.0. The molecule has 0 spiro atoms. The molecule has 0 aliphatic carbocycles. The first kappa shape index (κ1) is 44.5. The first-order chi connectivity index (χ1) is 27.9. The van der Waals surface area contributed by atoms with Gasteiger partial charge in [0.1, 0.15) is 25.9 Å². The van der Waals surface area contributed by atoms with E-state index in [9.17, 15) is 19.8 Å². The number of anilines is 2. The van der Waals surface area contributed by atoms with Gasteiger partial charge in [0.05, 0.1) is 62.0 Å². The molecule has 324 valence electrons. The van der Waals surface area contributed by atoms with Crippen LogP contribution in [0.4, 0.5) is 11.4 Å². The number of fused-ring (bicyclic) bond motifs is 4. The Morgan fingerprint density at radius 3 is 1.37 bits per heavy atom. The Bertz CT molecular complexity index is 1760. The molecule has 2 saturated heterocycles. The zero-order valence-electron chi connectivity index (χ0n) is 36.2. The molecule has 4 aliphatic rings. The minimum atomic E-state index is -1.36. The number of carbonyl (C=O) groups is 2. The maximum atomic E-state index is 14.0. The van der Waals surface area contributed by atoms with Crippen LogP contribution in [0.3, 0.4) is 0 Å². The summed E-state index contributed by atoms with van der Waals surface area (Å²) in [4.78, 5) is 34.7. The van der Waals surface area contributed by atoms with E-state index < -0.39 is 40.7 Å². The Morgan fingerprint density at radius 2 is 1.02 bits per heavy atom. The Balaban J connectivity index is 1.18. The molecule has 2 aromatic carbocycles. The van der Waals surface area contributed by atoms with Gasteiger partial charge >= 0.3 is 0 Å². The average molecular weight is 853 g/mol. The number of nitrogens with zero attached hydrogens (tertiary/aromatic N) is 4. The van der Waals surface area contributed by atoms with Gasteiger partial charge in [0.25, 0.3) is 11.8 Å². The third-order valence-electron chi connectivity index (χ3n) is 11.3. The highest BCUT2D eigenvalue weighted by Gasteiger charge is 2.45. The summed E-state index contributed by atoms with van der Waals surface area (Å²) >= 11 is 0. The van der Waals surface area contributed by atoms with Crippen molar-refractivity contribution >= 4 is 39.3 Å². The van der Waals surface area contributed by atoms with Gasteiger partial charge in [0, 0.05) is 61.0 Å². The monoisotopic (exact) mass is 852 g/mol. The summed E-state index contributed by atoms with van der Waals surface area (Å²) in [6.07, 6.45) is -0.585. The highest BCUT2D eigenvalue weighted by Crippen LogP contribution is 2.43. The first-order valence-corrected chi connectivity index (χ1v) is 28.0. The van der Waals surface area contributed by atoms with Crippen LogP contribution in [0.1, 0.15) is 40.0 Å². The summed E-state index contributed by atoms with van der Waals surface area (Å²) in [7, 11) is 0.337. The van der Waals surface area contributed by atoms with Gasteiger partial charge in [0.15, 0.2) is 23.0 Å². The first-order valence-electron chi connectivity index (χ1n) is 20.6. The summed E-state index contributed by atoms with van der Waals surface area (Å²) in [6.45, 7) is 24.4. The highest BCUT2D eigenvalue weighted by molar-refractivity contribution is 6.76. The van der Waals surface area contributed by atoms with Gasteiger partial charge in [-0.25, -0.2) is 0 Å². The van der Waals surface area contributed by atoms with E-state index in [-0.39, 0.29) is 38.5 Å². The maximum Gasteiger partial charge on any atom is 0.256 e. The average Bonchev–Trinajstić information content (AvgIpc) is 3.74. The third kappa shape index (κ3) is 10.1. The number of methoxy groups -OCH3 is 2. The lowest BCUT2D eigenvalue weighted by molar-refractivity contribution is 0.0371. The van der Waals surface area contributed by atoms with Crippen LogP contribution in [-0.2, 0) is 9.47 Å². The molecule has 14 nitrogen and oxygen atoms in total. The van der Waals surface area contributed by atoms with E-state index in [4.69, 9.17) is 28.4 Å². The number of aliphatic hydroxyl groups excluding tert-OH is 2.